The van der Waals surface area contributed by atoms with E-state index in [1.807, 2.05) is 76.3 Å². The van der Waals surface area contributed by atoms with Crippen LogP contribution in [0.1, 0.15) is 44.9 Å². The van der Waals surface area contributed by atoms with E-state index in [0.29, 0.717) is 18.0 Å². The van der Waals surface area contributed by atoms with Gasteiger partial charge in [0.05, 0.1) is 4.90 Å². The van der Waals surface area contributed by atoms with Gasteiger partial charge in [-0.15, -0.1) is 0 Å². The van der Waals surface area contributed by atoms with Crippen molar-refractivity contribution in [3.63, 3.8) is 0 Å². The van der Waals surface area contributed by atoms with Gasteiger partial charge in [0.15, 0.2) is 6.04 Å². The van der Waals surface area contributed by atoms with E-state index in [4.69, 9.17) is 0 Å². The zero-order valence-corrected chi connectivity index (χ0v) is 18.7. The maximum atomic E-state index is 12.6. The van der Waals surface area contributed by atoms with Crippen molar-refractivity contribution in [2.75, 3.05) is 18.4 Å². The average molecular weight is 419 g/mol. The minimum Gasteiger partial charge on any atom is -0.330 e. The molecule has 0 aliphatic carbocycles. The number of nitrogens with two attached hydrogens (primary N) is 1. The summed E-state index contributed by atoms with van der Waals surface area (Å²) in [7, 11) is -3.46. The molecule has 2 aromatic carbocycles. The molecule has 0 unspecified atom stereocenters. The van der Waals surface area contributed by atoms with E-state index in [9.17, 15) is 13.2 Å². The minimum absolute atomic E-state index is 0.0125. The van der Waals surface area contributed by atoms with E-state index < -0.39 is 10.0 Å². The van der Waals surface area contributed by atoms with Crippen molar-refractivity contribution in [1.29, 1.82) is 0 Å². The summed E-state index contributed by atoms with van der Waals surface area (Å²) in [6.45, 7) is 10.4. The first kappa shape index (κ1) is 23.1. The number of carbonyl (C=O) groups excluding carboxylic acids is 1. The number of anilines is 1. The maximum Gasteiger partial charge on any atom is 0.282 e. The van der Waals surface area contributed by atoms with E-state index >= 15 is 0 Å². The van der Waals surface area contributed by atoms with Crippen LogP contribution in [-0.2, 0) is 14.8 Å². The molecule has 2 atom stereocenters. The van der Waals surface area contributed by atoms with Crippen LogP contribution in [0.5, 0.6) is 0 Å². The molecule has 2 aromatic rings. The molecule has 6 nitrogen and oxygen atoms in total. The van der Waals surface area contributed by atoms with Gasteiger partial charge in [0.2, 0.25) is 10.0 Å². The molecule has 0 saturated heterocycles. The van der Waals surface area contributed by atoms with Gasteiger partial charge < -0.3 is 10.6 Å². The Morgan fingerprint density at radius 3 is 2.24 bits per heavy atom. The number of hydrogen-bond donors (Lipinski definition) is 2. The molecule has 0 fully saturated rings. The number of nitrogens with one attached hydrogen (secondary N) is 1. The molecular weight excluding hydrogens is 386 g/mol. The molecule has 0 heterocycles. The third-order valence-corrected chi connectivity index (χ3v) is 7.09. The molecule has 2 rings (SSSR count). The topological polar surface area (TPSA) is 83.1 Å². The highest BCUT2D eigenvalue weighted by molar-refractivity contribution is 7.89. The van der Waals surface area contributed by atoms with Crippen molar-refractivity contribution in [2.45, 2.75) is 51.6 Å². The molecule has 0 radical (unpaired) electrons. The lowest BCUT2D eigenvalue weighted by molar-refractivity contribution is -0.709. The highest BCUT2D eigenvalue weighted by Gasteiger charge is 2.23. The van der Waals surface area contributed by atoms with Crippen molar-refractivity contribution < 1.29 is 18.5 Å². The first-order valence-corrected chi connectivity index (χ1v) is 11.5. The zero-order chi connectivity index (χ0) is 21.6. The Morgan fingerprint density at radius 1 is 1.07 bits per heavy atom. The molecule has 0 bridgehead atoms. The lowest BCUT2D eigenvalue weighted by Gasteiger charge is -2.20. The van der Waals surface area contributed by atoms with Gasteiger partial charge in [0, 0.05) is 24.3 Å². The molecule has 158 valence electrons. The molecule has 0 aliphatic heterocycles. The minimum atomic E-state index is -3.46. The van der Waals surface area contributed by atoms with Gasteiger partial charge in [-0.05, 0) is 50.6 Å². The molecule has 1 amide bonds. The smallest absolute Gasteiger partial charge is 0.282 e. The third-order valence-electron chi connectivity index (χ3n) is 5.03. The van der Waals surface area contributed by atoms with E-state index in [1.165, 1.54) is 4.31 Å². The Balaban J connectivity index is 2.03. The monoisotopic (exact) mass is 418 g/mol. The highest BCUT2D eigenvalue weighted by atomic mass is 32.2. The summed E-state index contributed by atoms with van der Waals surface area (Å²) in [5.41, 5.74) is 2.85. The summed E-state index contributed by atoms with van der Waals surface area (Å²) < 4.78 is 26.7. The number of quaternary nitrogens is 1. The van der Waals surface area contributed by atoms with Crippen LogP contribution in [-0.4, -0.2) is 37.8 Å². The summed E-state index contributed by atoms with van der Waals surface area (Å²) in [5.74, 6) is -0.0665. The number of nitrogens with zero attached hydrogens (tertiary/aromatic N) is 1. The lowest BCUT2D eigenvalue weighted by Crippen LogP contribution is -2.91. The van der Waals surface area contributed by atoms with Crippen molar-refractivity contribution in [2.24, 2.45) is 0 Å². The number of aryl methyl sites for hydroxylation is 1. The zero-order valence-electron chi connectivity index (χ0n) is 17.8. The number of benzene rings is 2. The predicted molar refractivity (Wildman–Crippen MR) is 116 cm³/mol. The van der Waals surface area contributed by atoms with Crippen LogP contribution in [0.25, 0.3) is 0 Å². The third kappa shape index (κ3) is 5.88. The number of amides is 1. The van der Waals surface area contributed by atoms with Crippen LogP contribution in [0.4, 0.5) is 5.69 Å². The van der Waals surface area contributed by atoms with Gasteiger partial charge in [0.1, 0.15) is 6.04 Å². The number of hydrogen-bond acceptors (Lipinski definition) is 3. The highest BCUT2D eigenvalue weighted by Crippen LogP contribution is 2.18. The largest absolute Gasteiger partial charge is 0.330 e. The Morgan fingerprint density at radius 2 is 1.69 bits per heavy atom. The fraction of sp³-hybridized carbons (Fsp3) is 0.409. The first-order valence-electron chi connectivity index (χ1n) is 10.0. The summed E-state index contributed by atoms with van der Waals surface area (Å²) >= 11 is 0. The van der Waals surface area contributed by atoms with Crippen LogP contribution in [0.15, 0.2) is 53.4 Å². The fourth-order valence-corrected chi connectivity index (χ4v) is 4.72. The standard InChI is InChI=1S/C22H31N3O3S/c1-6-25(7-2)29(27,28)21-13-11-19(12-14-21)17(4)23-18(5)22(26)24-20-10-8-9-16(3)15-20/h8-15,17-18,23H,6-7H2,1-5H3,(H,24,26)/p+1/t17-,18+/m0/s1. The summed E-state index contributed by atoms with van der Waals surface area (Å²) in [4.78, 5) is 12.8. The average Bonchev–Trinajstić information content (AvgIpc) is 2.68. The molecule has 0 spiro atoms. The first-order chi connectivity index (χ1) is 13.7. The quantitative estimate of drug-likeness (QED) is 0.657. The van der Waals surface area contributed by atoms with Crippen LogP contribution < -0.4 is 10.6 Å². The Labute approximate surface area is 174 Å². The van der Waals surface area contributed by atoms with E-state index in [0.717, 1.165) is 16.8 Å². The Kier molecular flexibility index (Phi) is 7.96. The molecule has 0 aromatic heterocycles. The number of sulfonamides is 1. The summed E-state index contributed by atoms with van der Waals surface area (Å²) in [5, 5.41) is 4.91. The van der Waals surface area contributed by atoms with Crippen molar-refractivity contribution in [3.8, 4) is 0 Å². The van der Waals surface area contributed by atoms with Gasteiger partial charge in [-0.25, -0.2) is 8.42 Å². The van der Waals surface area contributed by atoms with Gasteiger partial charge in [0.25, 0.3) is 5.91 Å². The maximum absolute atomic E-state index is 12.6. The van der Waals surface area contributed by atoms with E-state index in [1.54, 1.807) is 12.1 Å². The number of carbonyl (C=O) groups is 1. The lowest BCUT2D eigenvalue weighted by atomic mass is 10.1. The molecule has 29 heavy (non-hydrogen) atoms. The second kappa shape index (κ2) is 10.0. The number of rotatable bonds is 9. The van der Waals surface area contributed by atoms with Gasteiger partial charge in [-0.2, -0.15) is 4.31 Å². The molecule has 0 saturated carbocycles. The van der Waals surface area contributed by atoms with E-state index in [-0.39, 0.29) is 18.0 Å². The molecular formula is C22H32N3O3S+. The van der Waals surface area contributed by atoms with Gasteiger partial charge >= 0.3 is 0 Å². The second-order valence-electron chi connectivity index (χ2n) is 7.29. The molecule has 3 N–H and O–H groups in total. The predicted octanol–water partition coefficient (Wildman–Crippen LogP) is 2.68. The Bertz CT molecular complexity index is 923. The SMILES string of the molecule is CCN(CC)S(=O)(=O)c1ccc([C@H](C)[NH2+][C@H](C)C(=O)Nc2cccc(C)c2)cc1. The van der Waals surface area contributed by atoms with Crippen LogP contribution in [0.2, 0.25) is 0 Å². The van der Waals surface area contributed by atoms with Crippen LogP contribution in [0.3, 0.4) is 0 Å². The summed E-state index contributed by atoms with van der Waals surface area (Å²) in [6.07, 6.45) is 0. The van der Waals surface area contributed by atoms with Crippen LogP contribution >= 0.6 is 0 Å². The Hall–Kier alpha value is -2.22. The van der Waals surface area contributed by atoms with Gasteiger partial charge in [-0.1, -0.05) is 38.1 Å². The second-order valence-corrected chi connectivity index (χ2v) is 9.22. The van der Waals surface area contributed by atoms with Crippen LogP contribution in [0, 0.1) is 6.92 Å². The normalized spacial score (nSPS) is 13.9. The van der Waals surface area contributed by atoms with Crippen molar-refractivity contribution in [1.82, 2.24) is 4.31 Å². The van der Waals surface area contributed by atoms with E-state index in [2.05, 4.69) is 5.32 Å². The molecule has 7 heteroatoms. The molecule has 0 aliphatic rings. The summed E-state index contributed by atoms with van der Waals surface area (Å²) in [6, 6.07) is 14.4. The fourth-order valence-electron chi connectivity index (χ4n) is 3.27. The van der Waals surface area contributed by atoms with Crippen molar-refractivity contribution >= 4 is 21.6 Å². The van der Waals surface area contributed by atoms with Crippen molar-refractivity contribution in [3.05, 3.63) is 59.7 Å². The van der Waals surface area contributed by atoms with Gasteiger partial charge in [-0.3, -0.25) is 4.79 Å².